The summed E-state index contributed by atoms with van der Waals surface area (Å²) in [6.45, 7) is 3.91. The highest BCUT2D eigenvalue weighted by molar-refractivity contribution is 9.10. The number of hydrogen-bond donors (Lipinski definition) is 1. The average molecular weight is 309 g/mol. The van der Waals surface area contributed by atoms with Crippen molar-refractivity contribution in [1.29, 1.82) is 0 Å². The van der Waals surface area contributed by atoms with Gasteiger partial charge in [0.1, 0.15) is 11.9 Å². The van der Waals surface area contributed by atoms with Crippen molar-refractivity contribution < 1.29 is 9.50 Å². The van der Waals surface area contributed by atoms with Crippen LogP contribution in [0.25, 0.3) is 0 Å². The molecule has 1 atom stereocenters. The Kier molecular flexibility index (Phi) is 3.83. The van der Waals surface area contributed by atoms with Crippen LogP contribution in [-0.4, -0.2) is 5.11 Å². The van der Waals surface area contributed by atoms with Crippen LogP contribution in [0.5, 0.6) is 0 Å². The molecule has 0 aromatic heterocycles. The lowest BCUT2D eigenvalue weighted by Gasteiger charge is -2.16. The van der Waals surface area contributed by atoms with Gasteiger partial charge in [0.2, 0.25) is 0 Å². The topological polar surface area (TPSA) is 20.2 Å². The molecule has 0 fully saturated rings. The zero-order valence-corrected chi connectivity index (χ0v) is 11.8. The molecule has 1 nitrogen and oxygen atoms in total. The van der Waals surface area contributed by atoms with Crippen molar-refractivity contribution in [3.8, 4) is 0 Å². The van der Waals surface area contributed by atoms with E-state index in [2.05, 4.69) is 15.9 Å². The maximum absolute atomic E-state index is 13.8. The summed E-state index contributed by atoms with van der Waals surface area (Å²) in [5.41, 5.74) is 3.11. The molecule has 1 N–H and O–H groups in total. The lowest BCUT2D eigenvalue weighted by molar-refractivity contribution is 0.214. The molecule has 3 heteroatoms. The summed E-state index contributed by atoms with van der Waals surface area (Å²) in [5, 5.41) is 10.3. The lowest BCUT2D eigenvalue weighted by atomic mass is 9.94. The summed E-state index contributed by atoms with van der Waals surface area (Å²) in [5.74, 6) is -0.397. The van der Waals surface area contributed by atoms with Gasteiger partial charge >= 0.3 is 0 Å². The van der Waals surface area contributed by atoms with Gasteiger partial charge in [0.25, 0.3) is 0 Å². The predicted octanol–water partition coefficient (Wildman–Crippen LogP) is 4.29. The van der Waals surface area contributed by atoms with Gasteiger partial charge in [0.05, 0.1) is 0 Å². The van der Waals surface area contributed by atoms with E-state index in [9.17, 15) is 9.50 Å². The van der Waals surface area contributed by atoms with Crippen molar-refractivity contribution >= 4 is 15.9 Å². The molecule has 18 heavy (non-hydrogen) atoms. The summed E-state index contributed by atoms with van der Waals surface area (Å²) in [6, 6.07) is 10.3. The number of rotatable bonds is 2. The van der Waals surface area contributed by atoms with E-state index >= 15 is 0 Å². The van der Waals surface area contributed by atoms with Gasteiger partial charge in [-0.3, -0.25) is 0 Å². The molecule has 0 heterocycles. The van der Waals surface area contributed by atoms with Crippen LogP contribution in [0, 0.1) is 19.7 Å². The van der Waals surface area contributed by atoms with E-state index in [0.717, 1.165) is 21.2 Å². The molecule has 94 valence electrons. The van der Waals surface area contributed by atoms with Gasteiger partial charge in [0, 0.05) is 10.0 Å². The Labute approximate surface area is 114 Å². The molecule has 0 aliphatic rings. The second-order valence-electron chi connectivity index (χ2n) is 4.36. The molecule has 0 spiro atoms. The molecular weight excluding hydrogens is 295 g/mol. The number of aryl methyl sites for hydroxylation is 1. The standard InChI is InChI=1S/C15H14BrFO/c1-9-4-3-5-12(10(9)2)15(18)13-8-11(16)6-7-14(13)17/h3-8,15,18H,1-2H3. The molecule has 1 unspecified atom stereocenters. The third-order valence-corrected chi connectivity index (χ3v) is 3.69. The molecule has 0 aliphatic heterocycles. The molecule has 0 saturated carbocycles. The Morgan fingerprint density at radius 1 is 1.11 bits per heavy atom. The Bertz CT molecular complexity index is 579. The van der Waals surface area contributed by atoms with Crippen molar-refractivity contribution in [3.63, 3.8) is 0 Å². The van der Waals surface area contributed by atoms with Crippen molar-refractivity contribution in [2.45, 2.75) is 20.0 Å². The van der Waals surface area contributed by atoms with Gasteiger partial charge < -0.3 is 5.11 Å². The quantitative estimate of drug-likeness (QED) is 0.877. The van der Waals surface area contributed by atoms with Gasteiger partial charge in [0.15, 0.2) is 0 Å². The van der Waals surface area contributed by atoms with E-state index in [1.807, 2.05) is 32.0 Å². The number of benzene rings is 2. The predicted molar refractivity (Wildman–Crippen MR) is 74.1 cm³/mol. The smallest absolute Gasteiger partial charge is 0.129 e. The molecule has 2 aromatic rings. The third kappa shape index (κ3) is 2.47. The maximum atomic E-state index is 13.8. The Balaban J connectivity index is 2.51. The molecule has 0 bridgehead atoms. The molecular formula is C15H14BrFO. The molecule has 2 aromatic carbocycles. The third-order valence-electron chi connectivity index (χ3n) is 3.19. The van der Waals surface area contributed by atoms with Crippen molar-refractivity contribution in [1.82, 2.24) is 0 Å². The molecule has 2 rings (SSSR count). The first-order valence-electron chi connectivity index (χ1n) is 5.70. The summed E-state index contributed by atoms with van der Waals surface area (Å²) in [7, 11) is 0. The maximum Gasteiger partial charge on any atom is 0.129 e. The van der Waals surface area contributed by atoms with Crippen molar-refractivity contribution in [3.05, 3.63) is 68.9 Å². The first-order valence-corrected chi connectivity index (χ1v) is 6.49. The number of hydrogen-bond acceptors (Lipinski definition) is 1. The van der Waals surface area contributed by atoms with Gasteiger partial charge in [-0.2, -0.15) is 0 Å². The SMILES string of the molecule is Cc1cccc(C(O)c2cc(Br)ccc2F)c1C. The average Bonchev–Trinajstić information content (AvgIpc) is 2.35. The summed E-state index contributed by atoms with van der Waals surface area (Å²) < 4.78 is 14.5. The van der Waals surface area contributed by atoms with Crippen LogP contribution < -0.4 is 0 Å². The van der Waals surface area contributed by atoms with Gasteiger partial charge in [-0.15, -0.1) is 0 Å². The summed E-state index contributed by atoms with van der Waals surface area (Å²) in [6.07, 6.45) is -0.942. The largest absolute Gasteiger partial charge is 0.384 e. The summed E-state index contributed by atoms with van der Waals surface area (Å²) in [4.78, 5) is 0. The molecule has 0 saturated heterocycles. The molecule has 0 radical (unpaired) electrons. The number of aliphatic hydroxyl groups excluding tert-OH is 1. The minimum Gasteiger partial charge on any atom is -0.384 e. The van der Waals surface area contributed by atoms with E-state index in [4.69, 9.17) is 0 Å². The fourth-order valence-corrected chi connectivity index (χ4v) is 2.34. The second kappa shape index (κ2) is 5.21. The first kappa shape index (κ1) is 13.2. The number of halogens is 2. The number of aliphatic hydroxyl groups is 1. The molecule has 0 amide bonds. The zero-order chi connectivity index (χ0) is 13.3. The minimum absolute atomic E-state index is 0.290. The Morgan fingerprint density at radius 2 is 1.83 bits per heavy atom. The van der Waals surface area contributed by atoms with Gasteiger partial charge in [-0.05, 0) is 48.7 Å². The normalized spacial score (nSPS) is 12.5. The van der Waals surface area contributed by atoms with Crippen LogP contribution in [0.3, 0.4) is 0 Å². The Hall–Kier alpha value is -1.19. The van der Waals surface area contributed by atoms with E-state index in [-0.39, 0.29) is 5.56 Å². The van der Waals surface area contributed by atoms with E-state index < -0.39 is 11.9 Å². The first-order chi connectivity index (χ1) is 8.50. The van der Waals surface area contributed by atoms with Crippen LogP contribution in [-0.2, 0) is 0 Å². The van der Waals surface area contributed by atoms with Crippen LogP contribution in [0.15, 0.2) is 40.9 Å². The highest BCUT2D eigenvalue weighted by atomic mass is 79.9. The van der Waals surface area contributed by atoms with E-state index in [1.165, 1.54) is 6.07 Å². The second-order valence-corrected chi connectivity index (χ2v) is 5.27. The van der Waals surface area contributed by atoms with Gasteiger partial charge in [-0.25, -0.2) is 4.39 Å². The lowest BCUT2D eigenvalue weighted by Crippen LogP contribution is -2.05. The van der Waals surface area contributed by atoms with Crippen molar-refractivity contribution in [2.75, 3.05) is 0 Å². The van der Waals surface area contributed by atoms with Gasteiger partial charge in [-0.1, -0.05) is 34.1 Å². The summed E-state index contributed by atoms with van der Waals surface area (Å²) >= 11 is 3.29. The zero-order valence-electron chi connectivity index (χ0n) is 10.2. The van der Waals surface area contributed by atoms with E-state index in [1.54, 1.807) is 12.1 Å². The minimum atomic E-state index is -0.942. The highest BCUT2D eigenvalue weighted by Crippen LogP contribution is 2.29. The van der Waals surface area contributed by atoms with Crippen LogP contribution in [0.4, 0.5) is 4.39 Å². The van der Waals surface area contributed by atoms with Crippen LogP contribution in [0.1, 0.15) is 28.4 Å². The van der Waals surface area contributed by atoms with E-state index in [0.29, 0.717) is 0 Å². The molecule has 0 aliphatic carbocycles. The fourth-order valence-electron chi connectivity index (χ4n) is 1.96. The van der Waals surface area contributed by atoms with Crippen LogP contribution in [0.2, 0.25) is 0 Å². The van der Waals surface area contributed by atoms with Crippen molar-refractivity contribution in [2.24, 2.45) is 0 Å². The van der Waals surface area contributed by atoms with Crippen LogP contribution >= 0.6 is 15.9 Å². The Morgan fingerprint density at radius 3 is 2.56 bits per heavy atom. The fraction of sp³-hybridized carbons (Fsp3) is 0.200. The highest BCUT2D eigenvalue weighted by Gasteiger charge is 2.17. The monoisotopic (exact) mass is 308 g/mol.